The van der Waals surface area contributed by atoms with E-state index in [0.717, 1.165) is 5.41 Å². The highest BCUT2D eigenvalue weighted by molar-refractivity contribution is 4.91. The monoisotopic (exact) mass is 152 g/mol. The van der Waals surface area contributed by atoms with Crippen LogP contribution in [0.2, 0.25) is 0 Å². The highest BCUT2D eigenvalue weighted by Crippen LogP contribution is 2.46. The van der Waals surface area contributed by atoms with Gasteiger partial charge in [-0.25, -0.2) is 0 Å². The molecule has 1 heteroatoms. The fraction of sp³-hybridized carbons (Fsp3) is 0.900. The average molecular weight is 152 g/mol. The first-order chi connectivity index (χ1) is 5.31. The van der Waals surface area contributed by atoms with Crippen molar-refractivity contribution in [3.8, 4) is 0 Å². The van der Waals surface area contributed by atoms with Crippen molar-refractivity contribution in [2.24, 2.45) is 5.41 Å². The summed E-state index contributed by atoms with van der Waals surface area (Å²) in [6.07, 6.45) is 8.68. The first kappa shape index (κ1) is 7.60. The van der Waals surface area contributed by atoms with Gasteiger partial charge in [0.15, 0.2) is 0 Å². The highest BCUT2D eigenvalue weighted by atomic mass is 15.1. The average Bonchev–Trinajstić information content (AvgIpc) is 2.09. The lowest BCUT2D eigenvalue weighted by atomic mass is 9.66. The second kappa shape index (κ2) is 2.78. The number of rotatable bonds is 0. The molecule has 0 aromatic carbocycles. The molecular formula is C10H18N-. The molecular weight excluding hydrogens is 134 g/mol. The van der Waals surface area contributed by atoms with Crippen LogP contribution >= 0.6 is 0 Å². The van der Waals surface area contributed by atoms with Gasteiger partial charge in [0.1, 0.15) is 0 Å². The Hall–Kier alpha value is -0.0400. The molecule has 1 aliphatic carbocycles. The van der Waals surface area contributed by atoms with Gasteiger partial charge < -0.3 is 4.90 Å². The lowest BCUT2D eigenvalue weighted by Crippen LogP contribution is -2.38. The lowest BCUT2D eigenvalue weighted by molar-refractivity contribution is 0.0906. The molecule has 11 heavy (non-hydrogen) atoms. The number of nitrogens with zero attached hydrogens (tertiary/aromatic N) is 1. The van der Waals surface area contributed by atoms with Gasteiger partial charge in [-0.15, -0.1) is 0 Å². The smallest absolute Gasteiger partial charge is 0.0194 e. The lowest BCUT2D eigenvalue weighted by Gasteiger charge is -2.45. The second-order valence-corrected chi connectivity index (χ2v) is 4.36. The Kier molecular flexibility index (Phi) is 1.92. The van der Waals surface area contributed by atoms with Crippen molar-refractivity contribution in [3.63, 3.8) is 0 Å². The summed E-state index contributed by atoms with van der Waals surface area (Å²) in [4.78, 5) is 2.28. The van der Waals surface area contributed by atoms with Crippen LogP contribution in [0.3, 0.4) is 0 Å². The molecule has 0 bridgehead atoms. The van der Waals surface area contributed by atoms with Crippen molar-refractivity contribution in [3.05, 3.63) is 7.05 Å². The van der Waals surface area contributed by atoms with E-state index in [1.165, 1.54) is 51.6 Å². The molecule has 1 aliphatic heterocycles. The molecule has 0 aromatic rings. The van der Waals surface area contributed by atoms with Gasteiger partial charge in [-0.05, 0) is 44.2 Å². The van der Waals surface area contributed by atoms with E-state index in [9.17, 15) is 0 Å². The van der Waals surface area contributed by atoms with Crippen LogP contribution in [0.25, 0.3) is 0 Å². The topological polar surface area (TPSA) is 3.24 Å². The number of hydrogen-bond donors (Lipinski definition) is 0. The third-order valence-corrected chi connectivity index (χ3v) is 3.40. The Bertz CT molecular complexity index is 138. The molecule has 0 aromatic heterocycles. The van der Waals surface area contributed by atoms with Crippen LogP contribution in [0.1, 0.15) is 38.5 Å². The summed E-state index contributed by atoms with van der Waals surface area (Å²) in [7, 11) is 4.07. The molecule has 0 amide bonds. The molecule has 0 unspecified atom stereocenters. The Morgan fingerprint density at radius 3 is 2.36 bits per heavy atom. The van der Waals surface area contributed by atoms with Crippen molar-refractivity contribution in [2.45, 2.75) is 38.5 Å². The zero-order valence-electron chi connectivity index (χ0n) is 7.31. The van der Waals surface area contributed by atoms with Crippen LogP contribution in [0.15, 0.2) is 0 Å². The second-order valence-electron chi connectivity index (χ2n) is 4.36. The van der Waals surface area contributed by atoms with Crippen molar-refractivity contribution in [1.82, 2.24) is 4.90 Å². The van der Waals surface area contributed by atoms with E-state index in [1.807, 2.05) is 0 Å². The third-order valence-electron chi connectivity index (χ3n) is 3.40. The number of hydrogen-bond acceptors (Lipinski definition) is 1. The fourth-order valence-electron chi connectivity index (χ4n) is 2.55. The van der Waals surface area contributed by atoms with Gasteiger partial charge in [0.2, 0.25) is 0 Å². The largest absolute Gasteiger partial charge is 0.459 e. The van der Waals surface area contributed by atoms with E-state index in [4.69, 9.17) is 0 Å². The molecule has 64 valence electrons. The van der Waals surface area contributed by atoms with Crippen LogP contribution in [0.4, 0.5) is 0 Å². The van der Waals surface area contributed by atoms with Gasteiger partial charge >= 0.3 is 0 Å². The van der Waals surface area contributed by atoms with E-state index in [2.05, 4.69) is 11.9 Å². The van der Waals surface area contributed by atoms with E-state index < -0.39 is 0 Å². The van der Waals surface area contributed by atoms with Crippen molar-refractivity contribution >= 4 is 0 Å². The van der Waals surface area contributed by atoms with Crippen LogP contribution in [0.5, 0.6) is 0 Å². The summed E-state index contributed by atoms with van der Waals surface area (Å²) in [5.74, 6) is 0. The first-order valence-electron chi connectivity index (χ1n) is 4.86. The van der Waals surface area contributed by atoms with Crippen LogP contribution in [-0.2, 0) is 0 Å². The molecule has 0 N–H and O–H groups in total. The Morgan fingerprint density at radius 1 is 1.00 bits per heavy atom. The SMILES string of the molecule is [CH2-]N1CCCCC2(CCC2)C1. The summed E-state index contributed by atoms with van der Waals surface area (Å²) in [5, 5.41) is 0. The minimum Gasteiger partial charge on any atom is -0.459 e. The molecule has 1 nitrogen and oxygen atoms in total. The van der Waals surface area contributed by atoms with Crippen LogP contribution in [0, 0.1) is 12.5 Å². The molecule has 1 heterocycles. The number of likely N-dealkylation sites (tertiary alicyclic amines) is 1. The maximum atomic E-state index is 4.07. The fourth-order valence-corrected chi connectivity index (χ4v) is 2.55. The quantitative estimate of drug-likeness (QED) is 0.482. The van der Waals surface area contributed by atoms with Crippen LogP contribution < -0.4 is 0 Å². The van der Waals surface area contributed by atoms with Crippen LogP contribution in [-0.4, -0.2) is 18.0 Å². The Morgan fingerprint density at radius 2 is 1.73 bits per heavy atom. The minimum absolute atomic E-state index is 0.720. The van der Waals surface area contributed by atoms with E-state index in [0.29, 0.717) is 0 Å². The zero-order chi connectivity index (χ0) is 7.73. The van der Waals surface area contributed by atoms with E-state index in [-0.39, 0.29) is 0 Å². The third kappa shape index (κ3) is 1.44. The molecule has 0 atom stereocenters. The zero-order valence-corrected chi connectivity index (χ0v) is 7.31. The normalized spacial score (nSPS) is 31.4. The summed E-state index contributed by atoms with van der Waals surface area (Å²) in [6, 6.07) is 0. The summed E-state index contributed by atoms with van der Waals surface area (Å²) in [6.45, 7) is 2.49. The molecule has 1 saturated heterocycles. The Labute approximate surface area is 69.8 Å². The van der Waals surface area contributed by atoms with Gasteiger partial charge in [-0.3, -0.25) is 7.05 Å². The molecule has 0 radical (unpaired) electrons. The first-order valence-corrected chi connectivity index (χ1v) is 4.86. The van der Waals surface area contributed by atoms with Gasteiger partial charge in [0.25, 0.3) is 0 Å². The van der Waals surface area contributed by atoms with Gasteiger partial charge in [0, 0.05) is 0 Å². The summed E-state index contributed by atoms with van der Waals surface area (Å²) >= 11 is 0. The summed E-state index contributed by atoms with van der Waals surface area (Å²) in [5.41, 5.74) is 0.720. The van der Waals surface area contributed by atoms with Gasteiger partial charge in [0.05, 0.1) is 0 Å². The maximum Gasteiger partial charge on any atom is -0.0194 e. The molecule has 2 rings (SSSR count). The standard InChI is InChI=1S/C10H18N/c1-11-8-3-2-5-10(9-11)6-4-7-10/h1-9H2/q-1. The van der Waals surface area contributed by atoms with E-state index in [1.54, 1.807) is 0 Å². The predicted molar refractivity (Wildman–Crippen MR) is 47.1 cm³/mol. The molecule has 1 saturated carbocycles. The molecule has 2 aliphatic rings. The highest BCUT2D eigenvalue weighted by Gasteiger charge is 2.36. The van der Waals surface area contributed by atoms with Crippen molar-refractivity contribution in [2.75, 3.05) is 13.1 Å². The Balaban J connectivity index is 1.97. The van der Waals surface area contributed by atoms with E-state index >= 15 is 0 Å². The van der Waals surface area contributed by atoms with Gasteiger partial charge in [-0.1, -0.05) is 12.8 Å². The maximum absolute atomic E-state index is 4.07. The molecule has 2 fully saturated rings. The summed E-state index contributed by atoms with van der Waals surface area (Å²) < 4.78 is 0. The predicted octanol–water partition coefficient (Wildman–Crippen LogP) is 2.43. The van der Waals surface area contributed by atoms with Crippen molar-refractivity contribution < 1.29 is 0 Å². The minimum atomic E-state index is 0.720. The molecule has 1 spiro atoms. The van der Waals surface area contributed by atoms with Crippen molar-refractivity contribution in [1.29, 1.82) is 0 Å². The van der Waals surface area contributed by atoms with Gasteiger partial charge in [-0.2, -0.15) is 0 Å².